The Morgan fingerprint density at radius 1 is 1.14 bits per heavy atom. The molecule has 4 nitrogen and oxygen atoms in total. The quantitative estimate of drug-likeness (QED) is 0.878. The predicted octanol–water partition coefficient (Wildman–Crippen LogP) is 3.22. The van der Waals surface area contributed by atoms with Gasteiger partial charge < -0.3 is 5.32 Å². The number of sulfonamides is 1. The molecule has 2 rings (SSSR count). The first-order valence-electron chi connectivity index (χ1n) is 7.80. The summed E-state index contributed by atoms with van der Waals surface area (Å²) in [6, 6.07) is 7.52. The molecule has 118 valence electrons. The van der Waals surface area contributed by atoms with Gasteiger partial charge in [-0.25, -0.2) is 13.1 Å². The molecule has 21 heavy (non-hydrogen) atoms. The highest BCUT2D eigenvalue weighted by atomic mass is 32.2. The van der Waals surface area contributed by atoms with Crippen molar-refractivity contribution >= 4 is 15.7 Å². The van der Waals surface area contributed by atoms with Gasteiger partial charge in [-0.15, -0.1) is 0 Å². The largest absolute Gasteiger partial charge is 0.382 e. The highest BCUT2D eigenvalue weighted by Crippen LogP contribution is 2.31. The normalized spacial score (nSPS) is 26.5. The van der Waals surface area contributed by atoms with Gasteiger partial charge in [0.1, 0.15) is 0 Å². The Bertz CT molecular complexity index is 554. The Morgan fingerprint density at radius 2 is 1.81 bits per heavy atom. The van der Waals surface area contributed by atoms with Gasteiger partial charge in [-0.2, -0.15) is 0 Å². The van der Waals surface area contributed by atoms with Gasteiger partial charge >= 0.3 is 0 Å². The van der Waals surface area contributed by atoms with Gasteiger partial charge in [0.2, 0.25) is 10.0 Å². The molecule has 0 saturated heterocycles. The van der Waals surface area contributed by atoms with E-state index in [0.717, 1.165) is 11.6 Å². The summed E-state index contributed by atoms with van der Waals surface area (Å²) in [5.41, 5.74) is 0.997. The van der Waals surface area contributed by atoms with Gasteiger partial charge in [-0.3, -0.25) is 0 Å². The highest BCUT2D eigenvalue weighted by molar-refractivity contribution is 7.89. The third kappa shape index (κ3) is 3.98. The molecule has 1 aromatic rings. The van der Waals surface area contributed by atoms with Crippen LogP contribution in [0.1, 0.15) is 40.0 Å². The fourth-order valence-corrected chi connectivity index (χ4v) is 4.04. The zero-order chi connectivity index (χ0) is 15.5. The molecule has 1 aliphatic rings. The van der Waals surface area contributed by atoms with E-state index >= 15 is 0 Å². The molecule has 0 bridgehead atoms. The molecule has 0 radical (unpaired) electrons. The second-order valence-electron chi connectivity index (χ2n) is 6.04. The molecule has 2 N–H and O–H groups in total. The molecular weight excluding hydrogens is 284 g/mol. The van der Waals surface area contributed by atoms with Crippen molar-refractivity contribution in [1.29, 1.82) is 0 Å². The van der Waals surface area contributed by atoms with Gasteiger partial charge in [0.15, 0.2) is 0 Å². The van der Waals surface area contributed by atoms with Gasteiger partial charge in [-0.1, -0.05) is 33.6 Å². The number of hydrogen-bond donors (Lipinski definition) is 2. The molecular formula is C16H26N2O2S. The van der Waals surface area contributed by atoms with Crippen LogP contribution in [0.2, 0.25) is 0 Å². The number of anilines is 1. The molecule has 1 fully saturated rings. The van der Waals surface area contributed by atoms with Crippen LogP contribution in [0, 0.1) is 11.8 Å². The van der Waals surface area contributed by atoms with E-state index in [1.807, 2.05) is 12.1 Å². The van der Waals surface area contributed by atoms with Crippen LogP contribution in [-0.4, -0.2) is 21.0 Å². The minimum atomic E-state index is -3.36. The Morgan fingerprint density at radius 3 is 2.43 bits per heavy atom. The molecule has 0 aliphatic heterocycles. The van der Waals surface area contributed by atoms with Crippen LogP contribution < -0.4 is 10.0 Å². The zero-order valence-corrected chi connectivity index (χ0v) is 13.9. The van der Waals surface area contributed by atoms with Crippen LogP contribution in [-0.2, 0) is 10.0 Å². The second-order valence-corrected chi connectivity index (χ2v) is 7.81. The van der Waals surface area contributed by atoms with Crippen molar-refractivity contribution in [2.24, 2.45) is 11.8 Å². The zero-order valence-electron chi connectivity index (χ0n) is 13.1. The molecule has 0 heterocycles. The molecule has 0 spiro atoms. The predicted molar refractivity (Wildman–Crippen MR) is 86.9 cm³/mol. The van der Waals surface area contributed by atoms with Crippen LogP contribution >= 0.6 is 0 Å². The first-order valence-corrected chi connectivity index (χ1v) is 9.28. The Labute approximate surface area is 128 Å². The van der Waals surface area contributed by atoms with E-state index in [4.69, 9.17) is 0 Å². The SMILES string of the molecule is CCNS(=O)(=O)c1ccc(NC2CCCC(C)C2C)cc1. The van der Waals surface area contributed by atoms with Crippen molar-refractivity contribution in [2.45, 2.75) is 51.0 Å². The first kappa shape index (κ1) is 16.3. The summed E-state index contributed by atoms with van der Waals surface area (Å²) in [5.74, 6) is 1.38. The summed E-state index contributed by atoms with van der Waals surface area (Å²) in [4.78, 5) is 0.319. The lowest BCUT2D eigenvalue weighted by Gasteiger charge is -2.35. The minimum absolute atomic E-state index is 0.319. The van der Waals surface area contributed by atoms with Crippen LogP contribution in [0.4, 0.5) is 5.69 Å². The molecule has 5 heteroatoms. The molecule has 0 aromatic heterocycles. The summed E-state index contributed by atoms with van der Waals surface area (Å²) in [6.45, 7) is 6.79. The molecule has 1 aliphatic carbocycles. The molecule has 1 saturated carbocycles. The lowest BCUT2D eigenvalue weighted by Crippen LogP contribution is -2.35. The summed E-state index contributed by atoms with van der Waals surface area (Å²) >= 11 is 0. The summed E-state index contributed by atoms with van der Waals surface area (Å²) in [7, 11) is -3.36. The topological polar surface area (TPSA) is 58.2 Å². The fourth-order valence-electron chi connectivity index (χ4n) is 3.00. The summed E-state index contributed by atoms with van der Waals surface area (Å²) < 4.78 is 26.3. The Balaban J connectivity index is 2.06. The smallest absolute Gasteiger partial charge is 0.240 e. The van der Waals surface area contributed by atoms with Gasteiger partial charge in [-0.05, 0) is 42.5 Å². The van der Waals surface area contributed by atoms with E-state index in [0.29, 0.717) is 23.4 Å². The van der Waals surface area contributed by atoms with Crippen molar-refractivity contribution in [2.75, 3.05) is 11.9 Å². The van der Waals surface area contributed by atoms with E-state index in [-0.39, 0.29) is 0 Å². The van der Waals surface area contributed by atoms with E-state index < -0.39 is 10.0 Å². The van der Waals surface area contributed by atoms with Crippen molar-refractivity contribution in [3.05, 3.63) is 24.3 Å². The third-order valence-corrected chi connectivity index (χ3v) is 6.12. The number of nitrogens with one attached hydrogen (secondary N) is 2. The van der Waals surface area contributed by atoms with Crippen molar-refractivity contribution in [1.82, 2.24) is 4.72 Å². The fraction of sp³-hybridized carbons (Fsp3) is 0.625. The van der Waals surface area contributed by atoms with Crippen molar-refractivity contribution in [3.8, 4) is 0 Å². The van der Waals surface area contributed by atoms with E-state index in [2.05, 4.69) is 23.9 Å². The first-order chi connectivity index (χ1) is 9.94. The van der Waals surface area contributed by atoms with E-state index in [1.54, 1.807) is 19.1 Å². The monoisotopic (exact) mass is 310 g/mol. The summed E-state index contributed by atoms with van der Waals surface area (Å²) in [6.07, 6.45) is 3.75. The van der Waals surface area contributed by atoms with E-state index in [9.17, 15) is 8.42 Å². The number of hydrogen-bond acceptors (Lipinski definition) is 3. The van der Waals surface area contributed by atoms with Gasteiger partial charge in [0, 0.05) is 18.3 Å². The van der Waals surface area contributed by atoms with Crippen LogP contribution in [0.25, 0.3) is 0 Å². The Hall–Kier alpha value is -1.07. The second kappa shape index (κ2) is 6.79. The lowest BCUT2D eigenvalue weighted by molar-refractivity contribution is 0.253. The minimum Gasteiger partial charge on any atom is -0.382 e. The molecule has 1 aromatic carbocycles. The average molecular weight is 310 g/mol. The lowest BCUT2D eigenvalue weighted by atomic mass is 9.78. The molecule has 3 atom stereocenters. The average Bonchev–Trinajstić information content (AvgIpc) is 2.44. The van der Waals surface area contributed by atoms with Crippen LogP contribution in [0.5, 0.6) is 0 Å². The Kier molecular flexibility index (Phi) is 5.27. The highest BCUT2D eigenvalue weighted by Gasteiger charge is 2.26. The summed E-state index contributed by atoms with van der Waals surface area (Å²) in [5, 5.41) is 3.56. The standard InChI is InChI=1S/C16H26N2O2S/c1-4-17-21(19,20)15-10-8-14(9-11-15)18-16-7-5-6-12(2)13(16)3/h8-13,16-18H,4-7H2,1-3H3. The maximum absolute atomic E-state index is 11.9. The van der Waals surface area contributed by atoms with Crippen molar-refractivity contribution < 1.29 is 8.42 Å². The van der Waals surface area contributed by atoms with Gasteiger partial charge in [0.05, 0.1) is 4.90 Å². The van der Waals surface area contributed by atoms with E-state index in [1.165, 1.54) is 19.3 Å². The number of benzene rings is 1. The van der Waals surface area contributed by atoms with Gasteiger partial charge in [0.25, 0.3) is 0 Å². The molecule has 3 unspecified atom stereocenters. The van der Waals surface area contributed by atoms with Crippen LogP contribution in [0.3, 0.4) is 0 Å². The third-order valence-electron chi connectivity index (χ3n) is 4.56. The van der Waals surface area contributed by atoms with Crippen molar-refractivity contribution in [3.63, 3.8) is 0 Å². The maximum Gasteiger partial charge on any atom is 0.240 e. The molecule has 0 amide bonds. The van der Waals surface area contributed by atoms with Crippen LogP contribution in [0.15, 0.2) is 29.2 Å². The maximum atomic E-state index is 11.9. The number of rotatable bonds is 5.